The Labute approximate surface area is 84.3 Å². The second-order valence-electron chi connectivity index (χ2n) is 4.51. The average molecular weight is 201 g/mol. The van der Waals surface area contributed by atoms with Crippen molar-refractivity contribution in [3.8, 4) is 0 Å². The van der Waals surface area contributed by atoms with Crippen LogP contribution in [-0.2, 0) is 0 Å². The topological polar surface area (TPSA) is 46.2 Å². The van der Waals surface area contributed by atoms with Crippen LogP contribution in [0.4, 0.5) is 0 Å². The van der Waals surface area contributed by atoms with Gasteiger partial charge in [-0.15, -0.1) is 0 Å². The van der Waals surface area contributed by atoms with Crippen LogP contribution in [0.15, 0.2) is 0 Å². The molecule has 2 fully saturated rings. The monoisotopic (exact) mass is 201 g/mol. The van der Waals surface area contributed by atoms with Crippen molar-refractivity contribution in [3.05, 3.63) is 0 Å². The summed E-state index contributed by atoms with van der Waals surface area (Å²) in [4.78, 5) is 0. The molecule has 1 aliphatic heterocycles. The summed E-state index contributed by atoms with van der Waals surface area (Å²) in [7, 11) is 0. The molecule has 0 aromatic rings. The number of hydrogen-bond donors (Lipinski definition) is 2. The van der Waals surface area contributed by atoms with Gasteiger partial charge in [0.2, 0.25) is 0 Å². The standard InChI is InChI=1S/C10H19NOS/c11-9(3-1-2-4-9)10(12)5-7-13-8-6-10/h12H,1-8,11H2. The number of thioether (sulfide) groups is 1. The molecule has 2 rings (SSSR count). The minimum absolute atomic E-state index is 0.256. The summed E-state index contributed by atoms with van der Waals surface area (Å²) in [5, 5.41) is 10.5. The van der Waals surface area contributed by atoms with Crippen LogP contribution in [-0.4, -0.2) is 27.8 Å². The van der Waals surface area contributed by atoms with Gasteiger partial charge in [-0.2, -0.15) is 11.8 Å². The third-order valence-corrected chi connectivity index (χ3v) is 4.73. The molecule has 2 nitrogen and oxygen atoms in total. The summed E-state index contributed by atoms with van der Waals surface area (Å²) in [5.74, 6) is 2.16. The van der Waals surface area contributed by atoms with Gasteiger partial charge in [-0.1, -0.05) is 12.8 Å². The molecule has 0 radical (unpaired) electrons. The first kappa shape index (κ1) is 9.81. The lowest BCUT2D eigenvalue weighted by Crippen LogP contribution is -2.60. The highest BCUT2D eigenvalue weighted by Gasteiger charge is 2.49. The lowest BCUT2D eigenvalue weighted by molar-refractivity contribution is -0.0407. The fourth-order valence-electron chi connectivity index (χ4n) is 2.68. The summed E-state index contributed by atoms with van der Waals surface area (Å²) in [6.07, 6.45) is 6.24. The fourth-order valence-corrected chi connectivity index (χ4v) is 3.85. The molecule has 0 aromatic heterocycles. The highest BCUT2D eigenvalue weighted by Crippen LogP contribution is 2.43. The van der Waals surface area contributed by atoms with Crippen molar-refractivity contribution in [2.45, 2.75) is 49.7 Å². The van der Waals surface area contributed by atoms with E-state index in [1.807, 2.05) is 11.8 Å². The Morgan fingerprint density at radius 3 is 2.08 bits per heavy atom. The van der Waals surface area contributed by atoms with Gasteiger partial charge in [-0.05, 0) is 37.2 Å². The molecule has 1 saturated carbocycles. The highest BCUT2D eigenvalue weighted by atomic mass is 32.2. The SMILES string of the molecule is NC1(C2(O)CCSCC2)CCCC1. The normalized spacial score (nSPS) is 31.8. The van der Waals surface area contributed by atoms with Crippen LogP contribution in [0.25, 0.3) is 0 Å². The Morgan fingerprint density at radius 1 is 1.00 bits per heavy atom. The van der Waals surface area contributed by atoms with Crippen LogP contribution in [0.5, 0.6) is 0 Å². The van der Waals surface area contributed by atoms with Crippen molar-refractivity contribution in [1.29, 1.82) is 0 Å². The van der Waals surface area contributed by atoms with Crippen molar-refractivity contribution in [2.24, 2.45) is 5.73 Å². The summed E-state index contributed by atoms with van der Waals surface area (Å²) >= 11 is 1.94. The lowest BCUT2D eigenvalue weighted by Gasteiger charge is -2.44. The van der Waals surface area contributed by atoms with E-state index in [2.05, 4.69) is 0 Å². The minimum Gasteiger partial charge on any atom is -0.388 e. The molecule has 1 saturated heterocycles. The summed E-state index contributed by atoms with van der Waals surface area (Å²) < 4.78 is 0. The molecule has 76 valence electrons. The van der Waals surface area contributed by atoms with Gasteiger partial charge in [0.05, 0.1) is 5.60 Å². The van der Waals surface area contributed by atoms with E-state index >= 15 is 0 Å². The van der Waals surface area contributed by atoms with E-state index in [9.17, 15) is 5.11 Å². The largest absolute Gasteiger partial charge is 0.388 e. The Balaban J connectivity index is 2.11. The zero-order chi connectivity index (χ0) is 9.36. The van der Waals surface area contributed by atoms with Crippen molar-refractivity contribution >= 4 is 11.8 Å². The summed E-state index contributed by atoms with van der Waals surface area (Å²) in [6, 6.07) is 0. The molecule has 3 heteroatoms. The van der Waals surface area contributed by atoms with Gasteiger partial charge in [-0.25, -0.2) is 0 Å². The molecule has 13 heavy (non-hydrogen) atoms. The van der Waals surface area contributed by atoms with Crippen molar-refractivity contribution in [2.75, 3.05) is 11.5 Å². The molecule has 0 spiro atoms. The average Bonchev–Trinajstić information content (AvgIpc) is 2.55. The lowest BCUT2D eigenvalue weighted by atomic mass is 9.75. The predicted molar refractivity (Wildman–Crippen MR) is 56.9 cm³/mol. The van der Waals surface area contributed by atoms with E-state index in [-0.39, 0.29) is 5.54 Å². The van der Waals surface area contributed by atoms with Crippen LogP contribution in [0.2, 0.25) is 0 Å². The van der Waals surface area contributed by atoms with Gasteiger partial charge in [-0.3, -0.25) is 0 Å². The second-order valence-corrected chi connectivity index (χ2v) is 5.73. The Bertz CT molecular complexity index is 183. The van der Waals surface area contributed by atoms with Gasteiger partial charge < -0.3 is 10.8 Å². The maximum Gasteiger partial charge on any atom is 0.0842 e. The number of hydrogen-bond acceptors (Lipinski definition) is 3. The molecule has 0 amide bonds. The Morgan fingerprint density at radius 2 is 1.54 bits per heavy atom. The maximum absolute atomic E-state index is 10.5. The maximum atomic E-state index is 10.5. The molecule has 1 aliphatic carbocycles. The molecular formula is C10H19NOS. The van der Waals surface area contributed by atoms with Crippen molar-refractivity contribution < 1.29 is 5.11 Å². The Kier molecular flexibility index (Phi) is 2.60. The number of nitrogens with two attached hydrogens (primary N) is 1. The van der Waals surface area contributed by atoms with Crippen molar-refractivity contribution in [3.63, 3.8) is 0 Å². The summed E-state index contributed by atoms with van der Waals surface area (Å²) in [5.41, 5.74) is 5.51. The number of rotatable bonds is 1. The van der Waals surface area contributed by atoms with Crippen LogP contribution in [0.3, 0.4) is 0 Å². The Hall–Kier alpha value is 0.270. The van der Waals surface area contributed by atoms with E-state index in [0.717, 1.165) is 37.2 Å². The van der Waals surface area contributed by atoms with Gasteiger partial charge >= 0.3 is 0 Å². The first-order valence-electron chi connectivity index (χ1n) is 5.25. The molecule has 3 N–H and O–H groups in total. The van der Waals surface area contributed by atoms with Gasteiger partial charge in [0.15, 0.2) is 0 Å². The third-order valence-electron chi connectivity index (χ3n) is 3.74. The van der Waals surface area contributed by atoms with E-state index in [1.54, 1.807) is 0 Å². The van der Waals surface area contributed by atoms with Crippen LogP contribution in [0, 0.1) is 0 Å². The number of aliphatic hydroxyl groups is 1. The highest BCUT2D eigenvalue weighted by molar-refractivity contribution is 7.99. The second kappa shape index (κ2) is 3.44. The zero-order valence-electron chi connectivity index (χ0n) is 8.09. The third kappa shape index (κ3) is 1.62. The molecule has 0 bridgehead atoms. The zero-order valence-corrected chi connectivity index (χ0v) is 8.91. The fraction of sp³-hybridized carbons (Fsp3) is 1.00. The van der Waals surface area contributed by atoms with E-state index in [0.29, 0.717) is 0 Å². The van der Waals surface area contributed by atoms with Crippen LogP contribution in [0.1, 0.15) is 38.5 Å². The molecule has 2 aliphatic rings. The van der Waals surface area contributed by atoms with Crippen molar-refractivity contribution in [1.82, 2.24) is 0 Å². The van der Waals surface area contributed by atoms with Crippen LogP contribution >= 0.6 is 11.8 Å². The first-order valence-corrected chi connectivity index (χ1v) is 6.41. The first-order chi connectivity index (χ1) is 6.16. The molecule has 0 atom stereocenters. The molecule has 0 aromatic carbocycles. The van der Waals surface area contributed by atoms with Crippen LogP contribution < -0.4 is 5.73 Å². The van der Waals surface area contributed by atoms with E-state index in [4.69, 9.17) is 5.73 Å². The quantitative estimate of drug-likeness (QED) is 0.676. The molecular weight excluding hydrogens is 182 g/mol. The summed E-state index contributed by atoms with van der Waals surface area (Å²) in [6.45, 7) is 0. The smallest absolute Gasteiger partial charge is 0.0842 e. The molecule has 1 heterocycles. The van der Waals surface area contributed by atoms with Gasteiger partial charge in [0, 0.05) is 5.54 Å². The molecule has 0 unspecified atom stereocenters. The van der Waals surface area contributed by atoms with E-state index in [1.165, 1.54) is 12.8 Å². The minimum atomic E-state index is -0.547. The van der Waals surface area contributed by atoms with Gasteiger partial charge in [0.25, 0.3) is 0 Å². The predicted octanol–water partition coefficient (Wildman–Crippen LogP) is 1.52. The van der Waals surface area contributed by atoms with Gasteiger partial charge in [0.1, 0.15) is 0 Å². The van der Waals surface area contributed by atoms with E-state index < -0.39 is 5.60 Å².